The van der Waals surface area contributed by atoms with Crippen LogP contribution in [0.25, 0.3) is 22.0 Å². The van der Waals surface area contributed by atoms with Crippen LogP contribution in [0.5, 0.6) is 0 Å². The molecule has 0 bridgehead atoms. The van der Waals surface area contributed by atoms with E-state index in [4.69, 9.17) is 5.73 Å². The van der Waals surface area contributed by atoms with Gasteiger partial charge in [0, 0.05) is 10.9 Å². The quantitative estimate of drug-likeness (QED) is 0.376. The average molecular weight is 349 g/mol. The van der Waals surface area contributed by atoms with Crippen molar-refractivity contribution < 1.29 is 0 Å². The Bertz CT molecular complexity index is 1170. The molecule has 128 valence electrons. The number of nitrogens with two attached hydrogens (primary N) is 1. The van der Waals surface area contributed by atoms with Gasteiger partial charge < -0.3 is 5.73 Å². The molecule has 1 heterocycles. The number of azo groups is 1. The molecule has 0 amide bonds. The van der Waals surface area contributed by atoms with Gasteiger partial charge in [0.05, 0.1) is 23.1 Å². The molecule has 5 nitrogen and oxygen atoms in total. The van der Waals surface area contributed by atoms with Gasteiger partial charge in [-0.15, -0.1) is 10.2 Å². The molecule has 1 aromatic heterocycles. The number of rotatable bonds is 3. The summed E-state index contributed by atoms with van der Waals surface area (Å²) in [4.78, 5) is 4.43. The zero-order valence-electron chi connectivity index (χ0n) is 14.4. The fourth-order valence-corrected chi connectivity index (χ4v) is 2.89. The van der Waals surface area contributed by atoms with Gasteiger partial charge in [-0.2, -0.15) is 5.26 Å². The Balaban J connectivity index is 1.67. The molecule has 0 aliphatic heterocycles. The van der Waals surface area contributed by atoms with Gasteiger partial charge in [-0.3, -0.25) is 4.98 Å². The smallest absolute Gasteiger partial charge is 0.111 e. The van der Waals surface area contributed by atoms with Crippen LogP contribution < -0.4 is 5.73 Å². The molecular weight excluding hydrogens is 334 g/mol. The van der Waals surface area contributed by atoms with Crippen molar-refractivity contribution in [2.24, 2.45) is 10.2 Å². The zero-order valence-corrected chi connectivity index (χ0v) is 14.4. The van der Waals surface area contributed by atoms with Crippen LogP contribution in [0.15, 0.2) is 89.2 Å². The number of aromatic nitrogens is 1. The van der Waals surface area contributed by atoms with Crippen LogP contribution in [-0.2, 0) is 0 Å². The molecular formula is C22H15N5. The first kappa shape index (κ1) is 16.4. The fraction of sp³-hybridized carbons (Fsp3) is 0. The Morgan fingerprint density at radius 2 is 1.67 bits per heavy atom. The summed E-state index contributed by atoms with van der Waals surface area (Å²) in [6, 6.07) is 25.2. The van der Waals surface area contributed by atoms with E-state index in [1.165, 1.54) is 0 Å². The lowest BCUT2D eigenvalue weighted by molar-refractivity contribution is 1.20. The highest BCUT2D eigenvalue weighted by Gasteiger charge is 2.10. The number of nitrogen functional groups attached to an aromatic ring is 1. The Morgan fingerprint density at radius 3 is 2.41 bits per heavy atom. The predicted octanol–water partition coefficient (Wildman–Crippen LogP) is 5.77. The minimum Gasteiger partial charge on any atom is -0.396 e. The second-order valence-electron chi connectivity index (χ2n) is 5.98. The van der Waals surface area contributed by atoms with Crippen molar-refractivity contribution in [2.45, 2.75) is 0 Å². The highest BCUT2D eigenvalue weighted by molar-refractivity contribution is 5.97. The molecule has 0 radical (unpaired) electrons. The molecule has 0 fully saturated rings. The number of fused-ring (bicyclic) bond motifs is 1. The van der Waals surface area contributed by atoms with Crippen molar-refractivity contribution in [2.75, 3.05) is 5.73 Å². The van der Waals surface area contributed by atoms with E-state index in [1.54, 1.807) is 6.20 Å². The predicted molar refractivity (Wildman–Crippen MR) is 107 cm³/mol. The second-order valence-corrected chi connectivity index (χ2v) is 5.98. The van der Waals surface area contributed by atoms with Crippen LogP contribution in [-0.4, -0.2) is 4.98 Å². The lowest BCUT2D eigenvalue weighted by Crippen LogP contribution is -1.92. The van der Waals surface area contributed by atoms with Crippen LogP contribution in [0.1, 0.15) is 5.56 Å². The molecule has 0 atom stereocenters. The molecule has 0 aliphatic rings. The normalized spacial score (nSPS) is 10.9. The van der Waals surface area contributed by atoms with Gasteiger partial charge in [0.25, 0.3) is 0 Å². The standard InChI is InChI=1S/C22H15N5/c23-13-19-18-9-5-4-8-16(18)12-21(22(19)24)27-26-17-10-11-20(25-14-17)15-6-2-1-3-7-15/h1-12,14H,24H2. The molecule has 0 saturated heterocycles. The van der Waals surface area contributed by atoms with Crippen molar-refractivity contribution in [1.29, 1.82) is 5.26 Å². The third-order valence-electron chi connectivity index (χ3n) is 4.27. The number of benzene rings is 3. The minimum atomic E-state index is 0.328. The first-order valence-electron chi connectivity index (χ1n) is 8.41. The van der Waals surface area contributed by atoms with Gasteiger partial charge >= 0.3 is 0 Å². The first-order valence-corrected chi connectivity index (χ1v) is 8.41. The lowest BCUT2D eigenvalue weighted by Gasteiger charge is -2.06. The van der Waals surface area contributed by atoms with Gasteiger partial charge in [-0.25, -0.2) is 0 Å². The Hall–Kier alpha value is -4.04. The van der Waals surface area contributed by atoms with Gasteiger partial charge in [0.2, 0.25) is 0 Å². The maximum atomic E-state index is 9.45. The van der Waals surface area contributed by atoms with Crippen LogP contribution in [0.3, 0.4) is 0 Å². The topological polar surface area (TPSA) is 87.4 Å². The number of anilines is 1. The van der Waals surface area contributed by atoms with Crippen LogP contribution in [0, 0.1) is 11.3 Å². The molecule has 4 aromatic rings. The number of nitriles is 1. The fourth-order valence-electron chi connectivity index (χ4n) is 2.89. The van der Waals surface area contributed by atoms with E-state index < -0.39 is 0 Å². The van der Waals surface area contributed by atoms with E-state index in [0.717, 1.165) is 22.0 Å². The maximum Gasteiger partial charge on any atom is 0.111 e. The van der Waals surface area contributed by atoms with Gasteiger partial charge in [0.15, 0.2) is 0 Å². The summed E-state index contributed by atoms with van der Waals surface area (Å²) in [5.41, 5.74) is 9.87. The molecule has 2 N–H and O–H groups in total. The molecule has 27 heavy (non-hydrogen) atoms. The highest BCUT2D eigenvalue weighted by atomic mass is 15.1. The van der Waals surface area contributed by atoms with E-state index in [1.807, 2.05) is 72.8 Å². The Labute approximate surface area is 156 Å². The Kier molecular flexibility index (Phi) is 4.30. The third-order valence-corrected chi connectivity index (χ3v) is 4.27. The van der Waals surface area contributed by atoms with Gasteiger partial charge in [0.1, 0.15) is 17.4 Å². The maximum absolute atomic E-state index is 9.45. The van der Waals surface area contributed by atoms with Gasteiger partial charge in [-0.05, 0) is 23.6 Å². The Morgan fingerprint density at radius 1 is 0.889 bits per heavy atom. The number of pyridine rings is 1. The molecule has 0 spiro atoms. The third kappa shape index (κ3) is 3.24. The van der Waals surface area contributed by atoms with Crippen molar-refractivity contribution in [3.05, 3.63) is 84.6 Å². The molecule has 0 aliphatic carbocycles. The van der Waals surface area contributed by atoms with Crippen LogP contribution in [0.2, 0.25) is 0 Å². The number of hydrogen-bond donors (Lipinski definition) is 1. The summed E-state index contributed by atoms with van der Waals surface area (Å²) in [7, 11) is 0. The largest absolute Gasteiger partial charge is 0.396 e. The van der Waals surface area contributed by atoms with E-state index in [0.29, 0.717) is 22.6 Å². The summed E-state index contributed by atoms with van der Waals surface area (Å²) >= 11 is 0. The second kappa shape index (κ2) is 7.06. The van der Waals surface area contributed by atoms with Gasteiger partial charge in [-0.1, -0.05) is 54.6 Å². The molecule has 0 saturated carbocycles. The van der Waals surface area contributed by atoms with Crippen molar-refractivity contribution in [1.82, 2.24) is 4.98 Å². The summed E-state index contributed by atoms with van der Waals surface area (Å²) < 4.78 is 0. The van der Waals surface area contributed by atoms with Crippen molar-refractivity contribution in [3.63, 3.8) is 0 Å². The van der Waals surface area contributed by atoms with E-state index in [2.05, 4.69) is 21.3 Å². The van der Waals surface area contributed by atoms with E-state index in [-0.39, 0.29) is 0 Å². The summed E-state index contributed by atoms with van der Waals surface area (Å²) in [5, 5.41) is 19.6. The van der Waals surface area contributed by atoms with E-state index >= 15 is 0 Å². The minimum absolute atomic E-state index is 0.328. The first-order chi connectivity index (χ1) is 13.3. The van der Waals surface area contributed by atoms with E-state index in [9.17, 15) is 5.26 Å². The number of hydrogen-bond acceptors (Lipinski definition) is 5. The summed E-state index contributed by atoms with van der Waals surface area (Å²) in [5.74, 6) is 0. The number of nitrogens with zero attached hydrogens (tertiary/aromatic N) is 4. The summed E-state index contributed by atoms with van der Waals surface area (Å²) in [6.45, 7) is 0. The molecule has 4 rings (SSSR count). The highest BCUT2D eigenvalue weighted by Crippen LogP contribution is 2.34. The monoisotopic (exact) mass is 349 g/mol. The van der Waals surface area contributed by atoms with Crippen LogP contribution >= 0.6 is 0 Å². The average Bonchev–Trinajstić information content (AvgIpc) is 2.73. The summed E-state index contributed by atoms with van der Waals surface area (Å²) in [6.07, 6.45) is 1.66. The SMILES string of the molecule is N#Cc1c(N)c(N=Nc2ccc(-c3ccccc3)nc2)cc2ccccc12. The van der Waals surface area contributed by atoms with Crippen molar-refractivity contribution in [3.8, 4) is 17.3 Å². The van der Waals surface area contributed by atoms with Crippen LogP contribution in [0.4, 0.5) is 17.1 Å². The van der Waals surface area contributed by atoms with Crippen molar-refractivity contribution >= 4 is 27.8 Å². The molecule has 0 unspecified atom stereocenters. The molecule has 5 heteroatoms. The zero-order chi connectivity index (χ0) is 18.6. The lowest BCUT2D eigenvalue weighted by atomic mass is 10.0. The molecule has 3 aromatic carbocycles.